The maximum atomic E-state index is 14.3. The number of rotatable bonds is 28. The van der Waals surface area contributed by atoms with Crippen molar-refractivity contribution in [2.75, 3.05) is 39.4 Å². The van der Waals surface area contributed by atoms with Gasteiger partial charge in [0.05, 0.1) is 62.0 Å². The Balaban J connectivity index is 0.888. The highest BCUT2D eigenvalue weighted by molar-refractivity contribution is 5.86. The van der Waals surface area contributed by atoms with E-state index in [4.69, 9.17) is 42.6 Å². The molecule has 0 aromatic heterocycles. The molecular formula is C64H108N6O25. The molecule has 95 heavy (non-hydrogen) atoms. The fourth-order valence-electron chi connectivity index (χ4n) is 14.9. The van der Waals surface area contributed by atoms with E-state index in [1.807, 2.05) is 13.8 Å². The summed E-state index contributed by atoms with van der Waals surface area (Å²) < 4.78 is 56.9. The minimum Gasteiger partial charge on any atom is -0.394 e. The van der Waals surface area contributed by atoms with E-state index >= 15 is 0 Å². The second-order valence-electron chi connectivity index (χ2n) is 27.5. The number of hydrogen-bond acceptors (Lipinski definition) is 25. The molecule has 4 heterocycles. The Morgan fingerprint density at radius 1 is 0.484 bits per heavy atom. The highest BCUT2D eigenvalue weighted by Gasteiger charge is 2.55. The van der Waals surface area contributed by atoms with Crippen molar-refractivity contribution in [2.24, 2.45) is 35.5 Å². The van der Waals surface area contributed by atoms with Crippen LogP contribution in [0.5, 0.6) is 0 Å². The third-order valence-corrected chi connectivity index (χ3v) is 20.7. The zero-order chi connectivity index (χ0) is 68.9. The first kappa shape index (κ1) is 76.8. The van der Waals surface area contributed by atoms with Crippen molar-refractivity contribution < 1.29 is 122 Å². The summed E-state index contributed by atoms with van der Waals surface area (Å²) in [4.78, 5) is 80.9. The van der Waals surface area contributed by atoms with Crippen molar-refractivity contribution in [1.82, 2.24) is 31.9 Å². The standard InChI is InChI=1S/C64H108N6O25/c1-7-34-22-37(24-42(55(34)94-62-53(82)51(80)47(76)29(3)87-62)90-60-39(69-31(5)73)26-40(75)44(27-71)92-60)58(84)65-17-19-67-64(86)68-20-18-66-59(85)38-23-35(8-2)56(95-63-54(83)52(81)48(77)30(4)88-63)43(25-38)91-61-46(70-32(6)74)57(50(79)45(28-72)93-61)89-41(49(78)36-15-12-16-36)21-33-13-10-9-11-14-33/h29-30,33-48,50-57,60-63,71-72,75-77,79-83H,7-28H2,1-6H3,(H,65,84)(H,66,85)(H,69,73)(H,70,74)(H2,67,68,86)/t29-,30-,34-,35-,37+,38+,39+,40+,41-,42+,43+,44+,45+,46+,47+,48+,50-,51+,52+,53-,54-,55+,56+,57+,60+,61+,62-,63-/m0/s1. The Hall–Kier alpha value is -3.94. The van der Waals surface area contributed by atoms with Crippen molar-refractivity contribution in [3.8, 4) is 0 Å². The second kappa shape index (κ2) is 35.9. The van der Waals surface area contributed by atoms with E-state index in [1.165, 1.54) is 27.7 Å². The van der Waals surface area contributed by atoms with Gasteiger partial charge in [0.1, 0.15) is 73.2 Å². The van der Waals surface area contributed by atoms with Crippen LogP contribution >= 0.6 is 0 Å². The third-order valence-electron chi connectivity index (χ3n) is 20.7. The zero-order valence-corrected chi connectivity index (χ0v) is 55.5. The number of ketones is 1. The topological polar surface area (TPSA) is 460 Å². The molecule has 28 atom stereocenters. The largest absolute Gasteiger partial charge is 0.394 e. The van der Waals surface area contributed by atoms with E-state index in [0.717, 1.165) is 38.5 Å². The smallest absolute Gasteiger partial charge is 0.314 e. The lowest BCUT2D eigenvalue weighted by Gasteiger charge is -2.49. The minimum atomic E-state index is -1.71. The highest BCUT2D eigenvalue weighted by atomic mass is 16.7. The fourth-order valence-corrected chi connectivity index (χ4v) is 14.9. The average Bonchev–Trinajstić information content (AvgIpc) is 0.809. The van der Waals surface area contributed by atoms with Gasteiger partial charge < -0.3 is 126 Å². The number of nitrogens with one attached hydrogen (secondary N) is 6. The number of carbonyl (C=O) groups excluding carboxylic acids is 6. The van der Waals surface area contributed by atoms with Crippen LogP contribution in [0.25, 0.3) is 0 Å². The second-order valence-corrected chi connectivity index (χ2v) is 27.5. The summed E-state index contributed by atoms with van der Waals surface area (Å²) in [5.41, 5.74) is 0. The first-order valence-electron chi connectivity index (χ1n) is 34.5. The molecule has 8 aliphatic rings. The molecule has 0 unspecified atom stereocenters. The van der Waals surface area contributed by atoms with E-state index < -0.39 is 214 Å². The summed E-state index contributed by atoms with van der Waals surface area (Å²) in [5, 5.41) is 124. The van der Waals surface area contributed by atoms with Crippen LogP contribution in [0.2, 0.25) is 0 Å². The van der Waals surface area contributed by atoms with E-state index in [-0.39, 0.29) is 75.9 Å². The van der Waals surface area contributed by atoms with E-state index in [9.17, 15) is 79.8 Å². The highest BCUT2D eigenvalue weighted by Crippen LogP contribution is 2.43. The molecule has 4 aliphatic heterocycles. The maximum absolute atomic E-state index is 14.3. The fraction of sp³-hybridized carbons (Fsp3) is 0.906. The van der Waals surface area contributed by atoms with Crippen LogP contribution in [-0.4, -0.2) is 273 Å². The number of Topliss-reactive ketones (excluding diaryl/α,β-unsaturated/α-hetero) is 1. The van der Waals surface area contributed by atoms with Gasteiger partial charge >= 0.3 is 6.03 Å². The molecule has 31 heteroatoms. The molecule has 8 fully saturated rings. The number of amides is 6. The summed E-state index contributed by atoms with van der Waals surface area (Å²) in [5.74, 6) is -4.33. The van der Waals surface area contributed by atoms with E-state index in [2.05, 4.69) is 31.9 Å². The lowest BCUT2D eigenvalue weighted by molar-refractivity contribution is -0.338. The summed E-state index contributed by atoms with van der Waals surface area (Å²) in [6, 6.07) is -2.77. The molecule has 8 rings (SSSR count). The molecule has 0 radical (unpaired) electrons. The van der Waals surface area contributed by atoms with Gasteiger partial charge in [0, 0.05) is 64.2 Å². The summed E-state index contributed by atoms with van der Waals surface area (Å²) in [6.07, 6.45) is -19.4. The van der Waals surface area contributed by atoms with Gasteiger partial charge in [0.15, 0.2) is 30.9 Å². The predicted octanol–water partition coefficient (Wildman–Crippen LogP) is -2.76. The molecule has 16 N–H and O–H groups in total. The first-order valence-corrected chi connectivity index (χ1v) is 34.5. The Morgan fingerprint density at radius 3 is 1.43 bits per heavy atom. The maximum Gasteiger partial charge on any atom is 0.314 e. The van der Waals surface area contributed by atoms with Gasteiger partial charge in [0.2, 0.25) is 23.6 Å². The Bertz CT molecular complexity index is 2470. The van der Waals surface area contributed by atoms with E-state index in [0.29, 0.717) is 32.1 Å². The normalized spacial score (nSPS) is 40.7. The number of urea groups is 1. The Morgan fingerprint density at radius 2 is 0.968 bits per heavy atom. The van der Waals surface area contributed by atoms with Crippen molar-refractivity contribution in [3.05, 3.63) is 0 Å². The molecule has 4 saturated carbocycles. The van der Waals surface area contributed by atoms with Crippen LogP contribution in [-0.2, 0) is 66.6 Å². The minimum absolute atomic E-state index is 0.0105. The van der Waals surface area contributed by atoms with Crippen molar-refractivity contribution in [1.29, 1.82) is 0 Å². The van der Waals surface area contributed by atoms with Gasteiger partial charge in [-0.05, 0) is 76.5 Å². The monoisotopic (exact) mass is 1360 g/mol. The number of aliphatic hydroxyl groups is 10. The molecule has 0 bridgehead atoms. The Kier molecular flexibility index (Phi) is 29.0. The van der Waals surface area contributed by atoms with Gasteiger partial charge in [-0.3, -0.25) is 24.0 Å². The first-order chi connectivity index (χ1) is 45.3. The third kappa shape index (κ3) is 19.7. The molecule has 6 amide bonds. The number of carbonyl (C=O) groups is 6. The van der Waals surface area contributed by atoms with Gasteiger partial charge in [-0.1, -0.05) is 65.2 Å². The van der Waals surface area contributed by atoms with Crippen LogP contribution in [0.1, 0.15) is 144 Å². The van der Waals surface area contributed by atoms with Gasteiger partial charge in [-0.2, -0.15) is 0 Å². The lowest BCUT2D eigenvalue weighted by Crippen LogP contribution is -2.67. The SMILES string of the molecule is CC[C@H]1C[C@@H](C(=O)NCCNC(=O)NCCNC(=O)[C@@H]2C[C@H](CC)[C@@H](O[C@@H]3O[C@@H](C)[C@@H](O)[C@@H](O)[C@@H]3O)[C@H](O[C@@H]3O[C@H](CO)[C@H](O)C[C@H]3NC(C)=O)C2)C[C@@H](O[C@@H]2O[C@H](CO)[C@H](O)[C@H](O[C@@H](CC3CCCCC3)C(=O)C3CCC3)[C@H]2NC(C)=O)[C@@H]1O[C@@H]1O[C@@H](C)[C@@H](O)[C@@H](O)[C@@H]1O. The molecule has 544 valence electrons. The van der Waals surface area contributed by atoms with Crippen LogP contribution in [0.15, 0.2) is 0 Å². The van der Waals surface area contributed by atoms with Gasteiger partial charge in [-0.25, -0.2) is 4.79 Å². The quantitative estimate of drug-likeness (QED) is 0.0353. The van der Waals surface area contributed by atoms with Gasteiger partial charge in [0.25, 0.3) is 0 Å². The number of aliphatic hydroxyl groups excluding tert-OH is 10. The van der Waals surface area contributed by atoms with Crippen molar-refractivity contribution in [2.45, 2.75) is 291 Å². The molecule has 0 aromatic carbocycles. The summed E-state index contributed by atoms with van der Waals surface area (Å²) in [7, 11) is 0. The van der Waals surface area contributed by atoms with Crippen LogP contribution in [0, 0.1) is 35.5 Å². The molecule has 31 nitrogen and oxygen atoms in total. The predicted molar refractivity (Wildman–Crippen MR) is 330 cm³/mol. The van der Waals surface area contributed by atoms with Crippen LogP contribution < -0.4 is 31.9 Å². The Labute approximate surface area is 554 Å². The van der Waals surface area contributed by atoms with Crippen molar-refractivity contribution in [3.63, 3.8) is 0 Å². The summed E-state index contributed by atoms with van der Waals surface area (Å²) in [6.45, 7) is 7.89. The van der Waals surface area contributed by atoms with Crippen LogP contribution in [0.3, 0.4) is 0 Å². The molecule has 0 aromatic rings. The molecular weight excluding hydrogens is 1250 g/mol. The number of hydrogen-bond donors (Lipinski definition) is 16. The molecule has 4 aliphatic carbocycles. The lowest BCUT2D eigenvalue weighted by atomic mass is 9.75. The average molecular weight is 1360 g/mol. The van der Waals surface area contributed by atoms with E-state index in [1.54, 1.807) is 0 Å². The van der Waals surface area contributed by atoms with Crippen LogP contribution in [0.4, 0.5) is 4.79 Å². The molecule has 0 spiro atoms. The number of ether oxygens (including phenoxy) is 9. The van der Waals surface area contributed by atoms with Gasteiger partial charge in [-0.15, -0.1) is 0 Å². The van der Waals surface area contributed by atoms with Crippen molar-refractivity contribution >= 4 is 35.4 Å². The summed E-state index contributed by atoms with van der Waals surface area (Å²) >= 11 is 0. The zero-order valence-electron chi connectivity index (χ0n) is 55.5. The molecule has 4 saturated heterocycles.